The van der Waals surface area contributed by atoms with Crippen LogP contribution in [0.3, 0.4) is 0 Å². The fourth-order valence-corrected chi connectivity index (χ4v) is 1.94. The van der Waals surface area contributed by atoms with E-state index >= 15 is 0 Å². The van der Waals surface area contributed by atoms with Gasteiger partial charge in [-0.15, -0.1) is 0 Å². The van der Waals surface area contributed by atoms with Crippen LogP contribution in [-0.2, 0) is 4.79 Å². The highest BCUT2D eigenvalue weighted by Crippen LogP contribution is 2.27. The van der Waals surface area contributed by atoms with Crippen molar-refractivity contribution in [2.24, 2.45) is 11.8 Å². The molecule has 0 N–H and O–H groups in total. The Kier molecular flexibility index (Phi) is 1.98. The van der Waals surface area contributed by atoms with Crippen LogP contribution in [0, 0.1) is 11.8 Å². The zero-order valence-corrected chi connectivity index (χ0v) is 6.94. The van der Waals surface area contributed by atoms with Gasteiger partial charge in [0.05, 0.1) is 0 Å². The van der Waals surface area contributed by atoms with Gasteiger partial charge >= 0.3 is 6.41 Å². The predicted octanol–water partition coefficient (Wildman–Crippen LogP) is 1.12. The van der Waals surface area contributed by atoms with E-state index in [-0.39, 0.29) is 0 Å². The Morgan fingerprint density at radius 2 is 2.00 bits per heavy atom. The van der Waals surface area contributed by atoms with Gasteiger partial charge in [-0.2, -0.15) is 0 Å². The van der Waals surface area contributed by atoms with Crippen LogP contribution in [0.5, 0.6) is 0 Å². The Hall–Kier alpha value is -1.05. The van der Waals surface area contributed by atoms with Crippen molar-refractivity contribution in [3.8, 4) is 0 Å². The molecule has 1 amide bonds. The summed E-state index contributed by atoms with van der Waals surface area (Å²) in [7, 11) is 0. The first-order chi connectivity index (χ1) is 5.90. The summed E-state index contributed by atoms with van der Waals surface area (Å²) < 4.78 is 0. The van der Waals surface area contributed by atoms with Crippen LogP contribution in [0.25, 0.3) is 0 Å². The van der Waals surface area contributed by atoms with Crippen LogP contribution in [0.2, 0.25) is 0 Å². The number of carbonyl (C=O) groups excluding carboxylic acids is 1. The van der Waals surface area contributed by atoms with Crippen molar-refractivity contribution in [2.45, 2.75) is 6.42 Å². The molecule has 12 heavy (non-hydrogen) atoms. The molecule has 2 aliphatic rings. The molecule has 1 fully saturated rings. The molecule has 63 valence electrons. The SMILES string of the molecule is O=[C]N1CCC2C=CC=CC2C1. The number of nitrogens with zero attached hydrogens (tertiary/aromatic N) is 1. The Labute approximate surface area is 72.6 Å². The molecular formula is C10H12NO. The number of allylic oxidation sites excluding steroid dienone is 3. The molecule has 1 saturated heterocycles. The third kappa shape index (κ3) is 1.29. The van der Waals surface area contributed by atoms with Gasteiger partial charge in [0, 0.05) is 19.0 Å². The molecule has 0 aromatic rings. The molecule has 0 saturated carbocycles. The molecule has 0 aromatic carbocycles. The molecule has 1 heterocycles. The van der Waals surface area contributed by atoms with Crippen molar-refractivity contribution in [3.05, 3.63) is 24.3 Å². The van der Waals surface area contributed by atoms with E-state index < -0.39 is 0 Å². The second kappa shape index (κ2) is 3.13. The summed E-state index contributed by atoms with van der Waals surface area (Å²) in [4.78, 5) is 12.1. The first kappa shape index (κ1) is 7.59. The maximum atomic E-state index is 10.4. The second-order valence-corrected chi connectivity index (χ2v) is 3.42. The van der Waals surface area contributed by atoms with Gasteiger partial charge in [-0.1, -0.05) is 24.3 Å². The number of piperidine rings is 1. The third-order valence-electron chi connectivity index (χ3n) is 2.67. The zero-order valence-electron chi connectivity index (χ0n) is 6.94. The Morgan fingerprint density at radius 3 is 2.75 bits per heavy atom. The summed E-state index contributed by atoms with van der Waals surface area (Å²) in [5.74, 6) is 1.18. The average molecular weight is 162 g/mol. The predicted molar refractivity (Wildman–Crippen MR) is 47.1 cm³/mol. The maximum Gasteiger partial charge on any atom is 0.312 e. The Balaban J connectivity index is 2.05. The fourth-order valence-electron chi connectivity index (χ4n) is 1.94. The van der Waals surface area contributed by atoms with E-state index in [1.807, 2.05) is 6.41 Å². The van der Waals surface area contributed by atoms with Crippen molar-refractivity contribution < 1.29 is 4.79 Å². The lowest BCUT2D eigenvalue weighted by Gasteiger charge is -2.34. The van der Waals surface area contributed by atoms with Crippen LogP contribution in [0.4, 0.5) is 0 Å². The summed E-state index contributed by atoms with van der Waals surface area (Å²) in [6.07, 6.45) is 11.6. The highest BCUT2D eigenvalue weighted by Gasteiger charge is 2.26. The van der Waals surface area contributed by atoms with E-state index in [4.69, 9.17) is 0 Å². The average Bonchev–Trinajstić information content (AvgIpc) is 2.17. The minimum Gasteiger partial charge on any atom is -0.334 e. The molecule has 2 rings (SSSR count). The fraction of sp³-hybridized carbons (Fsp3) is 0.500. The minimum atomic E-state index is 0.533. The van der Waals surface area contributed by atoms with E-state index in [2.05, 4.69) is 24.3 Å². The number of rotatable bonds is 1. The molecule has 0 aromatic heterocycles. The van der Waals surface area contributed by atoms with Crippen LogP contribution >= 0.6 is 0 Å². The number of likely N-dealkylation sites (tertiary alicyclic amines) is 1. The van der Waals surface area contributed by atoms with Crippen LogP contribution in [0.15, 0.2) is 24.3 Å². The lowest BCUT2D eigenvalue weighted by Crippen LogP contribution is -2.38. The first-order valence-electron chi connectivity index (χ1n) is 4.38. The summed E-state index contributed by atoms with van der Waals surface area (Å²) in [6.45, 7) is 1.71. The van der Waals surface area contributed by atoms with Gasteiger partial charge < -0.3 is 4.90 Å². The van der Waals surface area contributed by atoms with Crippen LogP contribution < -0.4 is 0 Å². The molecule has 2 nitrogen and oxygen atoms in total. The van der Waals surface area contributed by atoms with E-state index in [9.17, 15) is 4.79 Å². The molecule has 1 aliphatic carbocycles. The number of hydrogen-bond donors (Lipinski definition) is 0. The third-order valence-corrected chi connectivity index (χ3v) is 2.67. The van der Waals surface area contributed by atoms with E-state index in [1.165, 1.54) is 0 Å². The van der Waals surface area contributed by atoms with E-state index in [1.54, 1.807) is 4.90 Å². The Morgan fingerprint density at radius 1 is 1.25 bits per heavy atom. The lowest BCUT2D eigenvalue weighted by atomic mass is 9.83. The maximum absolute atomic E-state index is 10.4. The number of hydrogen-bond acceptors (Lipinski definition) is 1. The Bertz CT molecular complexity index is 232. The van der Waals surface area contributed by atoms with Gasteiger partial charge in [-0.25, -0.2) is 0 Å². The van der Waals surface area contributed by atoms with E-state index in [0.29, 0.717) is 11.8 Å². The topological polar surface area (TPSA) is 20.3 Å². The molecule has 2 heteroatoms. The summed E-state index contributed by atoms with van der Waals surface area (Å²) >= 11 is 0. The smallest absolute Gasteiger partial charge is 0.312 e. The van der Waals surface area contributed by atoms with Crippen molar-refractivity contribution in [1.29, 1.82) is 0 Å². The molecular weight excluding hydrogens is 150 g/mol. The van der Waals surface area contributed by atoms with Crippen LogP contribution in [0.1, 0.15) is 6.42 Å². The van der Waals surface area contributed by atoms with Crippen LogP contribution in [-0.4, -0.2) is 24.4 Å². The van der Waals surface area contributed by atoms with Crippen molar-refractivity contribution in [2.75, 3.05) is 13.1 Å². The quantitative estimate of drug-likeness (QED) is 0.565. The first-order valence-corrected chi connectivity index (χ1v) is 4.38. The molecule has 2 atom stereocenters. The highest BCUT2D eigenvalue weighted by molar-refractivity contribution is 5.48. The van der Waals surface area contributed by atoms with Gasteiger partial charge in [0.25, 0.3) is 0 Å². The van der Waals surface area contributed by atoms with Crippen molar-refractivity contribution >= 4 is 6.41 Å². The number of amides is 1. The zero-order chi connectivity index (χ0) is 8.39. The monoisotopic (exact) mass is 162 g/mol. The van der Waals surface area contributed by atoms with Gasteiger partial charge in [-0.05, 0) is 12.3 Å². The summed E-state index contributed by atoms with van der Waals surface area (Å²) in [6, 6.07) is 0. The summed E-state index contributed by atoms with van der Waals surface area (Å²) in [5.41, 5.74) is 0. The molecule has 1 aliphatic heterocycles. The highest BCUT2D eigenvalue weighted by atomic mass is 16.1. The van der Waals surface area contributed by atoms with Crippen molar-refractivity contribution in [3.63, 3.8) is 0 Å². The van der Waals surface area contributed by atoms with Gasteiger partial charge in [0.1, 0.15) is 0 Å². The van der Waals surface area contributed by atoms with Gasteiger partial charge in [0.2, 0.25) is 0 Å². The minimum absolute atomic E-state index is 0.533. The normalized spacial score (nSPS) is 33.2. The van der Waals surface area contributed by atoms with E-state index in [0.717, 1.165) is 19.5 Å². The molecule has 2 unspecified atom stereocenters. The number of fused-ring (bicyclic) bond motifs is 1. The summed E-state index contributed by atoms with van der Waals surface area (Å²) in [5, 5.41) is 0. The molecule has 0 bridgehead atoms. The largest absolute Gasteiger partial charge is 0.334 e. The van der Waals surface area contributed by atoms with Gasteiger partial charge in [-0.3, -0.25) is 4.79 Å². The standard InChI is InChI=1S/C10H12NO/c12-8-11-6-5-9-3-1-2-4-10(9)7-11/h1-4,9-10H,5-7H2. The lowest BCUT2D eigenvalue weighted by molar-refractivity contribution is 0.234. The second-order valence-electron chi connectivity index (χ2n) is 3.42. The molecule has 1 radical (unpaired) electrons. The van der Waals surface area contributed by atoms with Crippen molar-refractivity contribution in [1.82, 2.24) is 4.90 Å². The molecule has 0 spiro atoms. The van der Waals surface area contributed by atoms with Gasteiger partial charge in [0.15, 0.2) is 0 Å².